The second-order valence-corrected chi connectivity index (χ2v) is 6.78. The van der Waals surface area contributed by atoms with Crippen LogP contribution in [0.25, 0.3) is 0 Å². The summed E-state index contributed by atoms with van der Waals surface area (Å²) >= 11 is 0. The van der Waals surface area contributed by atoms with Crippen molar-refractivity contribution in [3.05, 3.63) is 64.8 Å². The molecule has 4 N–H and O–H groups in total. The molecule has 0 bridgehead atoms. The molecule has 0 fully saturated rings. The van der Waals surface area contributed by atoms with Crippen LogP contribution in [0, 0.1) is 13.8 Å². The zero-order valence-electron chi connectivity index (χ0n) is 16.7. The standard InChI is InChI=1S/C21H24N6O2/c1-4-15-8-10-16(11-9-15)23-21(29)19-20(22)27(26-25-19)12-18(28)24-17-7-5-6-13(2)14(17)3/h5-11H,4,12,22H2,1-3H3,(H,23,29)(H,24,28). The molecule has 0 aliphatic heterocycles. The minimum absolute atomic E-state index is 0.0240. The second-order valence-electron chi connectivity index (χ2n) is 6.78. The van der Waals surface area contributed by atoms with Gasteiger partial charge in [0.15, 0.2) is 11.5 Å². The van der Waals surface area contributed by atoms with E-state index in [0.717, 1.165) is 23.2 Å². The first-order valence-corrected chi connectivity index (χ1v) is 9.34. The van der Waals surface area contributed by atoms with E-state index in [2.05, 4.69) is 27.9 Å². The molecule has 1 aromatic heterocycles. The molecule has 0 radical (unpaired) electrons. The topological polar surface area (TPSA) is 115 Å². The summed E-state index contributed by atoms with van der Waals surface area (Å²) in [5, 5.41) is 13.2. The number of carbonyl (C=O) groups excluding carboxylic acids is 2. The van der Waals surface area contributed by atoms with Crippen LogP contribution in [0.4, 0.5) is 17.2 Å². The Morgan fingerprint density at radius 2 is 1.79 bits per heavy atom. The van der Waals surface area contributed by atoms with Crippen molar-refractivity contribution in [3.8, 4) is 0 Å². The molecule has 0 aliphatic rings. The van der Waals surface area contributed by atoms with E-state index in [-0.39, 0.29) is 24.0 Å². The number of aryl methyl sites for hydroxylation is 2. The van der Waals surface area contributed by atoms with E-state index in [1.54, 1.807) is 0 Å². The van der Waals surface area contributed by atoms with Crippen LogP contribution < -0.4 is 16.4 Å². The Bertz CT molecular complexity index is 1040. The lowest BCUT2D eigenvalue weighted by Crippen LogP contribution is -2.22. The van der Waals surface area contributed by atoms with Crippen molar-refractivity contribution in [1.82, 2.24) is 15.0 Å². The maximum atomic E-state index is 12.5. The summed E-state index contributed by atoms with van der Waals surface area (Å²) in [6.07, 6.45) is 0.916. The van der Waals surface area contributed by atoms with E-state index in [1.165, 1.54) is 10.2 Å². The maximum absolute atomic E-state index is 12.5. The second kappa shape index (κ2) is 8.55. The minimum Gasteiger partial charge on any atom is -0.382 e. The van der Waals surface area contributed by atoms with Crippen molar-refractivity contribution >= 4 is 29.0 Å². The SMILES string of the molecule is CCc1ccc(NC(=O)c2nnn(CC(=O)Nc3cccc(C)c3C)c2N)cc1. The fourth-order valence-corrected chi connectivity index (χ4v) is 2.83. The number of rotatable bonds is 6. The van der Waals surface area contributed by atoms with Gasteiger partial charge >= 0.3 is 0 Å². The van der Waals surface area contributed by atoms with Crippen LogP contribution >= 0.6 is 0 Å². The van der Waals surface area contributed by atoms with E-state index in [9.17, 15) is 9.59 Å². The van der Waals surface area contributed by atoms with Gasteiger partial charge in [0, 0.05) is 11.4 Å². The Morgan fingerprint density at radius 1 is 1.07 bits per heavy atom. The van der Waals surface area contributed by atoms with E-state index in [1.807, 2.05) is 56.3 Å². The van der Waals surface area contributed by atoms with Crippen molar-refractivity contribution < 1.29 is 9.59 Å². The van der Waals surface area contributed by atoms with E-state index < -0.39 is 5.91 Å². The highest BCUT2D eigenvalue weighted by Crippen LogP contribution is 2.18. The fourth-order valence-electron chi connectivity index (χ4n) is 2.83. The third kappa shape index (κ3) is 4.60. The normalized spacial score (nSPS) is 10.6. The minimum atomic E-state index is -0.479. The lowest BCUT2D eigenvalue weighted by molar-refractivity contribution is -0.116. The van der Waals surface area contributed by atoms with Crippen LogP contribution in [0.5, 0.6) is 0 Å². The molecule has 0 atom stereocenters. The van der Waals surface area contributed by atoms with Crippen LogP contribution in [-0.2, 0) is 17.8 Å². The highest BCUT2D eigenvalue weighted by atomic mass is 16.2. The van der Waals surface area contributed by atoms with Gasteiger partial charge in [0.2, 0.25) is 5.91 Å². The highest BCUT2D eigenvalue weighted by Gasteiger charge is 2.19. The van der Waals surface area contributed by atoms with Gasteiger partial charge in [-0.2, -0.15) is 0 Å². The zero-order valence-corrected chi connectivity index (χ0v) is 16.7. The molecule has 3 rings (SSSR count). The first-order valence-electron chi connectivity index (χ1n) is 9.34. The van der Waals surface area contributed by atoms with Crippen molar-refractivity contribution in [2.24, 2.45) is 0 Å². The lowest BCUT2D eigenvalue weighted by atomic mass is 10.1. The Labute approximate surface area is 169 Å². The van der Waals surface area contributed by atoms with Crippen molar-refractivity contribution in [1.29, 1.82) is 0 Å². The van der Waals surface area contributed by atoms with Crippen LogP contribution in [0.3, 0.4) is 0 Å². The average Bonchev–Trinajstić information content (AvgIpc) is 3.06. The van der Waals surface area contributed by atoms with Crippen molar-refractivity contribution in [2.75, 3.05) is 16.4 Å². The summed E-state index contributed by atoms with van der Waals surface area (Å²) in [4.78, 5) is 24.8. The van der Waals surface area contributed by atoms with Gasteiger partial charge in [-0.25, -0.2) is 4.68 Å². The van der Waals surface area contributed by atoms with Gasteiger partial charge in [0.25, 0.3) is 5.91 Å². The molecule has 0 unspecified atom stereocenters. The number of nitrogens with two attached hydrogens (primary N) is 1. The molecule has 150 valence electrons. The Kier molecular flexibility index (Phi) is 5.92. The predicted octanol–water partition coefficient (Wildman–Crippen LogP) is 2.93. The molecule has 1 heterocycles. The van der Waals surface area contributed by atoms with Crippen LogP contribution in [-0.4, -0.2) is 26.8 Å². The summed E-state index contributed by atoms with van der Waals surface area (Å²) in [6, 6.07) is 13.2. The number of hydrogen-bond acceptors (Lipinski definition) is 5. The molecule has 0 saturated carbocycles. The largest absolute Gasteiger partial charge is 0.382 e. The first-order chi connectivity index (χ1) is 13.9. The molecule has 0 aliphatic carbocycles. The number of nitrogens with one attached hydrogen (secondary N) is 2. The molecule has 0 spiro atoms. The number of aromatic nitrogens is 3. The van der Waals surface area contributed by atoms with Gasteiger partial charge in [-0.15, -0.1) is 5.10 Å². The van der Waals surface area contributed by atoms with Gasteiger partial charge in [-0.05, 0) is 55.2 Å². The van der Waals surface area contributed by atoms with Gasteiger partial charge < -0.3 is 16.4 Å². The number of amides is 2. The molecule has 3 aromatic rings. The van der Waals surface area contributed by atoms with E-state index in [0.29, 0.717) is 5.69 Å². The zero-order chi connectivity index (χ0) is 21.0. The first kappa shape index (κ1) is 20.1. The Hall–Kier alpha value is -3.68. The van der Waals surface area contributed by atoms with Crippen LogP contribution in [0.2, 0.25) is 0 Å². The number of anilines is 3. The van der Waals surface area contributed by atoms with E-state index >= 15 is 0 Å². The van der Waals surface area contributed by atoms with Crippen molar-refractivity contribution in [3.63, 3.8) is 0 Å². The number of carbonyl (C=O) groups is 2. The fraction of sp³-hybridized carbons (Fsp3) is 0.238. The highest BCUT2D eigenvalue weighted by molar-refractivity contribution is 6.05. The van der Waals surface area contributed by atoms with Gasteiger partial charge in [-0.3, -0.25) is 9.59 Å². The molecule has 8 heteroatoms. The van der Waals surface area contributed by atoms with Gasteiger partial charge in [0.05, 0.1) is 0 Å². The summed E-state index contributed by atoms with van der Waals surface area (Å²) in [7, 11) is 0. The third-order valence-corrected chi connectivity index (χ3v) is 4.78. The number of benzene rings is 2. The summed E-state index contributed by atoms with van der Waals surface area (Å²) in [6.45, 7) is 5.82. The molecular formula is C21H24N6O2. The number of hydrogen-bond donors (Lipinski definition) is 3. The number of nitrogens with zero attached hydrogens (tertiary/aromatic N) is 3. The maximum Gasteiger partial charge on any atom is 0.280 e. The van der Waals surface area contributed by atoms with Crippen LogP contribution in [0.1, 0.15) is 34.1 Å². The molecular weight excluding hydrogens is 368 g/mol. The van der Waals surface area contributed by atoms with Crippen molar-refractivity contribution in [2.45, 2.75) is 33.7 Å². The average molecular weight is 392 g/mol. The quantitative estimate of drug-likeness (QED) is 0.597. The summed E-state index contributed by atoms with van der Waals surface area (Å²) in [5.41, 5.74) is 10.6. The van der Waals surface area contributed by atoms with E-state index in [4.69, 9.17) is 5.73 Å². The monoisotopic (exact) mass is 392 g/mol. The molecule has 0 saturated heterocycles. The third-order valence-electron chi connectivity index (χ3n) is 4.78. The lowest BCUT2D eigenvalue weighted by Gasteiger charge is -2.10. The Morgan fingerprint density at radius 3 is 2.48 bits per heavy atom. The molecule has 29 heavy (non-hydrogen) atoms. The molecule has 2 amide bonds. The summed E-state index contributed by atoms with van der Waals surface area (Å²) in [5.74, 6) is -0.755. The van der Waals surface area contributed by atoms with Gasteiger partial charge in [-0.1, -0.05) is 36.4 Å². The smallest absolute Gasteiger partial charge is 0.280 e. The summed E-state index contributed by atoms with van der Waals surface area (Å²) < 4.78 is 1.20. The Balaban J connectivity index is 1.67. The predicted molar refractivity (Wildman–Crippen MR) is 113 cm³/mol. The molecule has 2 aromatic carbocycles. The molecule has 8 nitrogen and oxygen atoms in total. The number of nitrogen functional groups attached to an aromatic ring is 1. The van der Waals surface area contributed by atoms with Crippen LogP contribution in [0.15, 0.2) is 42.5 Å². The van der Waals surface area contributed by atoms with Gasteiger partial charge in [0.1, 0.15) is 6.54 Å².